The summed E-state index contributed by atoms with van der Waals surface area (Å²) < 4.78 is 0. The summed E-state index contributed by atoms with van der Waals surface area (Å²) in [4.78, 5) is 9.40. The van der Waals surface area contributed by atoms with Crippen molar-refractivity contribution < 1.29 is 4.79 Å². The third-order valence-electron chi connectivity index (χ3n) is 0.536. The molecule has 0 aliphatic rings. The molecule has 0 aromatic carbocycles. The first-order chi connectivity index (χ1) is 3.41. The van der Waals surface area contributed by atoms with Gasteiger partial charge >= 0.3 is 6.41 Å². The zero-order chi connectivity index (χ0) is 5.54. The van der Waals surface area contributed by atoms with Gasteiger partial charge in [0.15, 0.2) is 0 Å². The van der Waals surface area contributed by atoms with Crippen molar-refractivity contribution in [1.29, 1.82) is 0 Å². The Morgan fingerprint density at radius 1 is 1.71 bits per heavy atom. The van der Waals surface area contributed by atoms with Crippen LogP contribution in [0.5, 0.6) is 0 Å². The summed E-state index contributed by atoms with van der Waals surface area (Å²) in [6, 6.07) is 0. The highest BCUT2D eigenvalue weighted by atomic mass is 16.1. The van der Waals surface area contributed by atoms with Crippen molar-refractivity contribution in [1.82, 2.24) is 10.6 Å². The minimum absolute atomic E-state index is 0.514. The van der Waals surface area contributed by atoms with E-state index in [1.807, 2.05) is 6.92 Å². The SMILES string of the molecule is CCNCN[C]=O. The van der Waals surface area contributed by atoms with Crippen LogP contribution in [0, 0.1) is 0 Å². The van der Waals surface area contributed by atoms with Crippen LogP contribution in [0.2, 0.25) is 0 Å². The van der Waals surface area contributed by atoms with Crippen LogP contribution in [-0.4, -0.2) is 19.6 Å². The largest absolute Gasteiger partial charge is 0.335 e. The van der Waals surface area contributed by atoms with Crippen molar-refractivity contribution in [3.63, 3.8) is 0 Å². The molecule has 0 heterocycles. The number of hydrogen-bond donors (Lipinski definition) is 2. The van der Waals surface area contributed by atoms with Gasteiger partial charge in [0.25, 0.3) is 0 Å². The average molecular weight is 101 g/mol. The van der Waals surface area contributed by atoms with Crippen molar-refractivity contribution >= 4 is 6.41 Å². The molecule has 3 nitrogen and oxygen atoms in total. The molecular formula is C4H9N2O. The molecule has 2 N–H and O–H groups in total. The van der Waals surface area contributed by atoms with Gasteiger partial charge in [-0.2, -0.15) is 0 Å². The van der Waals surface area contributed by atoms with Crippen molar-refractivity contribution in [2.24, 2.45) is 0 Å². The van der Waals surface area contributed by atoms with E-state index >= 15 is 0 Å². The van der Waals surface area contributed by atoms with Gasteiger partial charge in [-0.3, -0.25) is 4.79 Å². The Bertz CT molecular complexity index is 47.0. The highest BCUT2D eigenvalue weighted by molar-refractivity contribution is 5.46. The predicted octanol–water partition coefficient (Wildman–Crippen LogP) is -0.790. The Kier molecular flexibility index (Phi) is 4.99. The molecule has 41 valence electrons. The Balaban J connectivity index is 2.56. The van der Waals surface area contributed by atoms with Gasteiger partial charge in [-0.05, 0) is 6.54 Å². The normalized spacial score (nSPS) is 8.14. The molecule has 0 aromatic heterocycles. The van der Waals surface area contributed by atoms with E-state index in [0.29, 0.717) is 6.67 Å². The highest BCUT2D eigenvalue weighted by Gasteiger charge is 1.74. The molecule has 1 amide bonds. The second kappa shape index (κ2) is 5.43. The van der Waals surface area contributed by atoms with E-state index in [1.54, 1.807) is 6.41 Å². The molecule has 0 aliphatic heterocycles. The molecule has 0 aromatic rings. The number of rotatable bonds is 4. The van der Waals surface area contributed by atoms with Gasteiger partial charge < -0.3 is 10.6 Å². The van der Waals surface area contributed by atoms with Gasteiger partial charge in [-0.1, -0.05) is 6.92 Å². The molecule has 0 bridgehead atoms. The van der Waals surface area contributed by atoms with Crippen molar-refractivity contribution in [3.05, 3.63) is 0 Å². The van der Waals surface area contributed by atoms with E-state index in [-0.39, 0.29) is 0 Å². The summed E-state index contributed by atoms with van der Waals surface area (Å²) in [7, 11) is 0. The van der Waals surface area contributed by atoms with Crippen molar-refractivity contribution in [2.75, 3.05) is 13.2 Å². The molecule has 0 aliphatic carbocycles. The fourth-order valence-electron chi connectivity index (χ4n) is 0.224. The lowest BCUT2D eigenvalue weighted by Crippen LogP contribution is -2.27. The van der Waals surface area contributed by atoms with Gasteiger partial charge in [0.1, 0.15) is 0 Å². The fraction of sp³-hybridized carbons (Fsp3) is 0.750. The van der Waals surface area contributed by atoms with Gasteiger partial charge in [-0.25, -0.2) is 0 Å². The highest BCUT2D eigenvalue weighted by Crippen LogP contribution is 1.45. The van der Waals surface area contributed by atoms with Crippen LogP contribution in [0.15, 0.2) is 0 Å². The van der Waals surface area contributed by atoms with Gasteiger partial charge in [0, 0.05) is 0 Å². The minimum Gasteiger partial charge on any atom is -0.335 e. The summed E-state index contributed by atoms with van der Waals surface area (Å²) in [5.74, 6) is 0. The summed E-state index contributed by atoms with van der Waals surface area (Å²) >= 11 is 0. The standard InChI is InChI=1S/C4H9N2O/c1-2-5-3-6-4-7/h5H,2-3H2,1H3,(H,6,7). The zero-order valence-electron chi connectivity index (χ0n) is 4.32. The molecule has 0 atom stereocenters. The van der Waals surface area contributed by atoms with Crippen molar-refractivity contribution in [3.8, 4) is 0 Å². The van der Waals surface area contributed by atoms with Gasteiger partial charge in [0.2, 0.25) is 0 Å². The molecule has 0 saturated heterocycles. The van der Waals surface area contributed by atoms with Crippen LogP contribution < -0.4 is 10.6 Å². The van der Waals surface area contributed by atoms with E-state index < -0.39 is 0 Å². The van der Waals surface area contributed by atoms with Crippen LogP contribution in [-0.2, 0) is 4.79 Å². The maximum atomic E-state index is 9.40. The lowest BCUT2D eigenvalue weighted by Gasteiger charge is -1.94. The zero-order valence-corrected chi connectivity index (χ0v) is 4.32. The summed E-state index contributed by atoms with van der Waals surface area (Å²) in [6.45, 7) is 3.35. The predicted molar refractivity (Wildman–Crippen MR) is 27.4 cm³/mol. The average Bonchev–Trinajstić information content (AvgIpc) is 1.69. The Hall–Kier alpha value is -0.570. The molecule has 0 unspecified atom stereocenters. The first-order valence-electron chi connectivity index (χ1n) is 2.22. The maximum absolute atomic E-state index is 9.40. The van der Waals surface area contributed by atoms with Crippen LogP contribution in [0.3, 0.4) is 0 Å². The molecular weight excluding hydrogens is 92.1 g/mol. The van der Waals surface area contributed by atoms with Gasteiger partial charge in [0.05, 0.1) is 6.67 Å². The van der Waals surface area contributed by atoms with E-state index in [0.717, 1.165) is 6.54 Å². The second-order valence-electron chi connectivity index (χ2n) is 1.06. The number of nitrogens with one attached hydrogen (secondary N) is 2. The summed E-state index contributed by atoms with van der Waals surface area (Å²) in [5, 5.41) is 5.21. The van der Waals surface area contributed by atoms with Crippen molar-refractivity contribution in [2.45, 2.75) is 6.92 Å². The van der Waals surface area contributed by atoms with E-state index in [1.165, 1.54) is 0 Å². The number of amides is 1. The first-order valence-corrected chi connectivity index (χ1v) is 2.22. The van der Waals surface area contributed by atoms with E-state index in [4.69, 9.17) is 0 Å². The number of hydrogen-bond acceptors (Lipinski definition) is 2. The molecule has 0 saturated carbocycles. The lowest BCUT2D eigenvalue weighted by molar-refractivity contribution is 0.535. The Labute approximate surface area is 43.1 Å². The van der Waals surface area contributed by atoms with Gasteiger partial charge in [-0.15, -0.1) is 0 Å². The quantitative estimate of drug-likeness (QED) is 0.277. The van der Waals surface area contributed by atoms with E-state index in [9.17, 15) is 4.79 Å². The Morgan fingerprint density at radius 2 is 2.43 bits per heavy atom. The molecule has 3 heteroatoms. The third-order valence-corrected chi connectivity index (χ3v) is 0.536. The molecule has 0 fully saturated rings. The molecule has 1 radical (unpaired) electrons. The van der Waals surface area contributed by atoms with Crippen LogP contribution in [0.25, 0.3) is 0 Å². The Morgan fingerprint density at radius 3 is 2.86 bits per heavy atom. The maximum Gasteiger partial charge on any atom is 0.310 e. The number of carbonyl (C=O) groups excluding carboxylic acids is 1. The monoisotopic (exact) mass is 101 g/mol. The third kappa shape index (κ3) is 5.43. The second-order valence-corrected chi connectivity index (χ2v) is 1.06. The first kappa shape index (κ1) is 6.43. The van der Waals surface area contributed by atoms with Crippen LogP contribution in [0.1, 0.15) is 6.92 Å². The van der Waals surface area contributed by atoms with Crippen LogP contribution in [0.4, 0.5) is 0 Å². The fourth-order valence-corrected chi connectivity index (χ4v) is 0.224. The molecule has 0 rings (SSSR count). The molecule has 7 heavy (non-hydrogen) atoms. The topological polar surface area (TPSA) is 41.1 Å². The smallest absolute Gasteiger partial charge is 0.310 e. The summed E-state index contributed by atoms with van der Waals surface area (Å²) in [5.41, 5.74) is 0. The van der Waals surface area contributed by atoms with E-state index in [2.05, 4.69) is 10.6 Å². The summed E-state index contributed by atoms with van der Waals surface area (Å²) in [6.07, 6.45) is 1.54. The van der Waals surface area contributed by atoms with Crippen LogP contribution >= 0.6 is 0 Å². The lowest BCUT2D eigenvalue weighted by atomic mass is 10.7. The molecule has 0 spiro atoms. The minimum atomic E-state index is 0.514.